The van der Waals surface area contributed by atoms with Gasteiger partial charge in [0.05, 0.1) is 4.90 Å². The molecule has 2 aromatic carbocycles. The molecule has 18 heavy (non-hydrogen) atoms. The molecule has 0 unspecified atom stereocenters. The van der Waals surface area contributed by atoms with E-state index in [0.717, 1.165) is 5.56 Å². The first kappa shape index (κ1) is 13.4. The molecule has 0 aromatic heterocycles. The highest BCUT2D eigenvalue weighted by molar-refractivity contribution is 8.13. The minimum absolute atomic E-state index is 0.109. The molecule has 0 aliphatic rings. The number of rotatable bonds is 3. The van der Waals surface area contributed by atoms with E-state index in [1.165, 1.54) is 12.1 Å². The second-order valence-corrected chi connectivity index (χ2v) is 6.82. The van der Waals surface area contributed by atoms with Crippen molar-refractivity contribution < 1.29 is 8.42 Å². The largest absolute Gasteiger partial charge is 0.261 e. The lowest BCUT2D eigenvalue weighted by Gasteiger charge is -2.07. The van der Waals surface area contributed by atoms with Crippen molar-refractivity contribution in [2.45, 2.75) is 11.3 Å². The minimum atomic E-state index is -3.76. The fourth-order valence-electron chi connectivity index (χ4n) is 1.74. The Bertz CT molecular complexity index is 652. The van der Waals surface area contributed by atoms with Gasteiger partial charge in [-0.05, 0) is 35.7 Å². The van der Waals surface area contributed by atoms with Crippen LogP contribution in [0.5, 0.6) is 0 Å². The highest BCUT2D eigenvalue weighted by Gasteiger charge is 2.16. The van der Waals surface area contributed by atoms with E-state index in [1.54, 1.807) is 6.07 Å². The summed E-state index contributed by atoms with van der Waals surface area (Å²) in [6, 6.07) is 14.1. The summed E-state index contributed by atoms with van der Waals surface area (Å²) < 4.78 is 23.0. The average molecular weight is 301 g/mol. The van der Waals surface area contributed by atoms with E-state index in [1.807, 2.05) is 30.3 Å². The van der Waals surface area contributed by atoms with Crippen LogP contribution in [0.4, 0.5) is 0 Å². The molecule has 0 spiro atoms. The maximum atomic E-state index is 11.5. The lowest BCUT2D eigenvalue weighted by atomic mass is 10.1. The number of hydrogen-bond acceptors (Lipinski definition) is 2. The average Bonchev–Trinajstić information content (AvgIpc) is 2.28. The Morgan fingerprint density at radius 3 is 2.28 bits per heavy atom. The molecule has 2 aromatic rings. The highest BCUT2D eigenvalue weighted by Crippen LogP contribution is 2.25. The van der Waals surface area contributed by atoms with E-state index in [0.29, 0.717) is 17.0 Å². The molecule has 0 amide bonds. The number of hydrogen-bond donors (Lipinski definition) is 0. The summed E-state index contributed by atoms with van der Waals surface area (Å²) in [6.07, 6.45) is 0.475. The van der Waals surface area contributed by atoms with Crippen molar-refractivity contribution in [2.24, 2.45) is 0 Å². The van der Waals surface area contributed by atoms with Crippen molar-refractivity contribution in [2.75, 3.05) is 0 Å². The van der Waals surface area contributed by atoms with E-state index in [4.69, 9.17) is 22.3 Å². The van der Waals surface area contributed by atoms with Crippen molar-refractivity contribution in [3.8, 4) is 0 Å². The first-order valence-corrected chi connectivity index (χ1v) is 7.92. The van der Waals surface area contributed by atoms with Crippen molar-refractivity contribution in [3.05, 3.63) is 64.7 Å². The topological polar surface area (TPSA) is 34.1 Å². The van der Waals surface area contributed by atoms with Gasteiger partial charge in [-0.2, -0.15) is 0 Å². The predicted octanol–water partition coefficient (Wildman–Crippen LogP) is 3.86. The maximum Gasteiger partial charge on any atom is 0.261 e. The first-order chi connectivity index (χ1) is 8.47. The third-order valence-electron chi connectivity index (χ3n) is 2.52. The van der Waals surface area contributed by atoms with Gasteiger partial charge in [0.25, 0.3) is 9.05 Å². The molecule has 5 heteroatoms. The van der Waals surface area contributed by atoms with Crippen molar-refractivity contribution in [1.29, 1.82) is 0 Å². The van der Waals surface area contributed by atoms with Crippen LogP contribution in [-0.4, -0.2) is 8.42 Å². The van der Waals surface area contributed by atoms with Crippen molar-refractivity contribution >= 4 is 31.3 Å². The second-order valence-electron chi connectivity index (χ2n) is 3.85. The first-order valence-electron chi connectivity index (χ1n) is 5.24. The zero-order valence-electron chi connectivity index (χ0n) is 9.31. The molecule has 2 rings (SSSR count). The predicted molar refractivity (Wildman–Crippen MR) is 73.7 cm³/mol. The van der Waals surface area contributed by atoms with Gasteiger partial charge < -0.3 is 0 Å². The zero-order chi connectivity index (χ0) is 13.2. The van der Waals surface area contributed by atoms with E-state index >= 15 is 0 Å². The molecule has 0 radical (unpaired) electrons. The quantitative estimate of drug-likeness (QED) is 0.807. The van der Waals surface area contributed by atoms with E-state index in [9.17, 15) is 8.42 Å². The molecule has 0 fully saturated rings. The van der Waals surface area contributed by atoms with Crippen LogP contribution < -0.4 is 0 Å². The monoisotopic (exact) mass is 300 g/mol. The zero-order valence-corrected chi connectivity index (χ0v) is 11.6. The summed E-state index contributed by atoms with van der Waals surface area (Å²) in [5, 5.41) is 0.491. The van der Waals surface area contributed by atoms with Gasteiger partial charge in [-0.25, -0.2) is 8.42 Å². The third-order valence-corrected chi connectivity index (χ3v) is 4.18. The molecular weight excluding hydrogens is 291 g/mol. The molecule has 2 nitrogen and oxygen atoms in total. The fourth-order valence-corrected chi connectivity index (χ4v) is 3.06. The third kappa shape index (κ3) is 3.25. The fraction of sp³-hybridized carbons (Fsp3) is 0.0769. The SMILES string of the molecule is O=S(=O)(Cl)c1ccc(Cl)cc1Cc1ccccc1. The lowest BCUT2D eigenvalue weighted by molar-refractivity contribution is 0.608. The molecule has 0 heterocycles. The maximum absolute atomic E-state index is 11.5. The Kier molecular flexibility index (Phi) is 3.95. The summed E-state index contributed by atoms with van der Waals surface area (Å²) >= 11 is 5.90. The van der Waals surface area contributed by atoms with Crippen molar-refractivity contribution in [1.82, 2.24) is 0 Å². The van der Waals surface area contributed by atoms with Gasteiger partial charge in [0.1, 0.15) is 0 Å². The van der Waals surface area contributed by atoms with Crippen LogP contribution in [0.25, 0.3) is 0 Å². The summed E-state index contributed by atoms with van der Waals surface area (Å²) in [5.41, 5.74) is 1.60. The van der Waals surface area contributed by atoms with Crippen LogP contribution in [-0.2, 0) is 15.5 Å². The van der Waals surface area contributed by atoms with Crippen molar-refractivity contribution in [3.63, 3.8) is 0 Å². The molecule has 0 atom stereocenters. The van der Waals surface area contributed by atoms with Gasteiger partial charge in [-0.15, -0.1) is 0 Å². The van der Waals surface area contributed by atoms with Crippen LogP contribution in [0.1, 0.15) is 11.1 Å². The van der Waals surface area contributed by atoms with Gasteiger partial charge in [0, 0.05) is 15.7 Å². The molecule has 94 valence electrons. The molecule has 0 aliphatic carbocycles. The molecule has 0 saturated heterocycles. The standard InChI is InChI=1S/C13H10Cl2O2S/c14-12-6-7-13(18(15,16)17)11(9-12)8-10-4-2-1-3-5-10/h1-7,9H,8H2. The summed E-state index contributed by atoms with van der Waals surface area (Å²) in [7, 11) is 1.65. The van der Waals surface area contributed by atoms with Crippen LogP contribution >= 0.6 is 22.3 Å². The number of benzene rings is 2. The molecule has 0 aliphatic heterocycles. The summed E-state index contributed by atoms with van der Waals surface area (Å²) in [4.78, 5) is 0.109. The van der Waals surface area contributed by atoms with Crippen LogP contribution in [0.3, 0.4) is 0 Å². The van der Waals surface area contributed by atoms with E-state index < -0.39 is 9.05 Å². The smallest absolute Gasteiger partial charge is 0.207 e. The Morgan fingerprint density at radius 2 is 1.67 bits per heavy atom. The van der Waals surface area contributed by atoms with Gasteiger partial charge in [0.15, 0.2) is 0 Å². The molecule has 0 saturated carbocycles. The Hall–Kier alpha value is -1.03. The molecule has 0 bridgehead atoms. The number of halogens is 2. The highest BCUT2D eigenvalue weighted by atomic mass is 35.7. The van der Waals surface area contributed by atoms with Crippen LogP contribution in [0.2, 0.25) is 5.02 Å². The Labute approximate surface area is 116 Å². The Balaban J connectivity index is 2.47. The summed E-state index contributed by atoms with van der Waals surface area (Å²) in [6.45, 7) is 0. The van der Waals surface area contributed by atoms with Crippen LogP contribution in [0, 0.1) is 0 Å². The summed E-state index contributed by atoms with van der Waals surface area (Å²) in [5.74, 6) is 0. The molecular formula is C13H10Cl2O2S. The Morgan fingerprint density at radius 1 is 1.00 bits per heavy atom. The van der Waals surface area contributed by atoms with Gasteiger partial charge in [-0.3, -0.25) is 0 Å². The molecule has 0 N–H and O–H groups in total. The van der Waals surface area contributed by atoms with Gasteiger partial charge in [-0.1, -0.05) is 41.9 Å². The minimum Gasteiger partial charge on any atom is -0.207 e. The lowest BCUT2D eigenvalue weighted by Crippen LogP contribution is -1.99. The normalized spacial score (nSPS) is 11.4. The van der Waals surface area contributed by atoms with Gasteiger partial charge in [0.2, 0.25) is 0 Å². The second kappa shape index (κ2) is 5.31. The van der Waals surface area contributed by atoms with Gasteiger partial charge >= 0.3 is 0 Å². The van der Waals surface area contributed by atoms with E-state index in [2.05, 4.69) is 0 Å². The van der Waals surface area contributed by atoms with E-state index in [-0.39, 0.29) is 4.90 Å². The van der Waals surface area contributed by atoms with Crippen LogP contribution in [0.15, 0.2) is 53.4 Å².